The van der Waals surface area contributed by atoms with Crippen molar-refractivity contribution in [3.63, 3.8) is 0 Å². The van der Waals surface area contributed by atoms with Gasteiger partial charge in [0.1, 0.15) is 0 Å². The van der Waals surface area contributed by atoms with Crippen molar-refractivity contribution in [1.82, 2.24) is 24.5 Å². The molecule has 0 atom stereocenters. The predicted molar refractivity (Wildman–Crippen MR) is 173 cm³/mol. The van der Waals surface area contributed by atoms with Crippen molar-refractivity contribution >= 4 is 64.2 Å². The number of aromatic nitrogens is 5. The summed E-state index contributed by atoms with van der Waals surface area (Å²) >= 11 is 1.81. The summed E-state index contributed by atoms with van der Waals surface area (Å²) in [7, 11) is 0. The molecule has 4 aromatic heterocycles. The van der Waals surface area contributed by atoms with Crippen molar-refractivity contribution in [2.24, 2.45) is 0 Å². The second-order valence-corrected chi connectivity index (χ2v) is 11.4. The first kappa shape index (κ1) is 23.3. The van der Waals surface area contributed by atoms with Gasteiger partial charge in [-0.25, -0.2) is 4.98 Å². The van der Waals surface area contributed by atoms with Crippen LogP contribution in [-0.2, 0) is 0 Å². The number of fused-ring (bicyclic) bond motifs is 9. The van der Waals surface area contributed by atoms with Gasteiger partial charge in [-0.3, -0.25) is 9.55 Å². The highest BCUT2D eigenvalue weighted by atomic mass is 32.1. The lowest BCUT2D eigenvalue weighted by Gasteiger charge is -2.11. The number of nitrogens with zero attached hydrogens (tertiary/aromatic N) is 5. The zero-order valence-corrected chi connectivity index (χ0v) is 23.1. The van der Waals surface area contributed by atoms with E-state index in [4.69, 9.17) is 15.0 Å². The van der Waals surface area contributed by atoms with Gasteiger partial charge in [-0.2, -0.15) is 9.97 Å². The molecule has 0 unspecified atom stereocenters. The van der Waals surface area contributed by atoms with Gasteiger partial charge in [-0.15, -0.1) is 11.3 Å². The maximum absolute atomic E-state index is 5.14. The van der Waals surface area contributed by atoms with E-state index in [9.17, 15) is 0 Å². The Labute approximate surface area is 244 Å². The molecule has 196 valence electrons. The van der Waals surface area contributed by atoms with Gasteiger partial charge in [0, 0.05) is 49.0 Å². The van der Waals surface area contributed by atoms with E-state index in [1.807, 2.05) is 84.3 Å². The third-order valence-corrected chi connectivity index (χ3v) is 9.10. The Morgan fingerprint density at radius 2 is 1.19 bits per heavy atom. The van der Waals surface area contributed by atoms with E-state index in [0.717, 1.165) is 43.8 Å². The molecule has 5 aromatic carbocycles. The van der Waals surface area contributed by atoms with Gasteiger partial charge in [0.15, 0.2) is 11.6 Å². The van der Waals surface area contributed by atoms with Crippen LogP contribution in [0, 0.1) is 0 Å². The fraction of sp³-hybridized carbons (Fsp3) is 0. The normalized spacial score (nSPS) is 11.8. The fourth-order valence-electron chi connectivity index (χ4n) is 6.03. The van der Waals surface area contributed by atoms with E-state index in [-0.39, 0.29) is 0 Å². The Morgan fingerprint density at radius 1 is 0.524 bits per heavy atom. The van der Waals surface area contributed by atoms with Crippen molar-refractivity contribution in [2.45, 2.75) is 0 Å². The first-order valence-electron chi connectivity index (χ1n) is 13.8. The monoisotopic (exact) mass is 555 g/mol. The average Bonchev–Trinajstić information content (AvgIpc) is 3.61. The van der Waals surface area contributed by atoms with Gasteiger partial charge in [0.25, 0.3) is 0 Å². The van der Waals surface area contributed by atoms with Crippen molar-refractivity contribution in [3.8, 4) is 28.7 Å². The van der Waals surface area contributed by atoms with E-state index in [1.165, 1.54) is 20.2 Å². The predicted octanol–water partition coefficient (Wildman–Crippen LogP) is 9.22. The summed E-state index contributed by atoms with van der Waals surface area (Å²) in [6, 6.07) is 41.8. The van der Waals surface area contributed by atoms with Crippen LogP contribution in [0.2, 0.25) is 0 Å². The van der Waals surface area contributed by atoms with Crippen LogP contribution < -0.4 is 0 Å². The first-order valence-corrected chi connectivity index (χ1v) is 14.6. The third-order valence-electron chi connectivity index (χ3n) is 7.91. The second-order valence-electron chi connectivity index (χ2n) is 10.3. The van der Waals surface area contributed by atoms with Crippen LogP contribution in [0.3, 0.4) is 0 Å². The molecule has 0 N–H and O–H groups in total. The number of hydrogen-bond donors (Lipinski definition) is 0. The maximum atomic E-state index is 5.14. The van der Waals surface area contributed by atoms with Crippen LogP contribution in [0.1, 0.15) is 0 Å². The van der Waals surface area contributed by atoms with Gasteiger partial charge in [-0.1, -0.05) is 97.1 Å². The molecule has 5 nitrogen and oxygen atoms in total. The van der Waals surface area contributed by atoms with Crippen LogP contribution in [-0.4, -0.2) is 24.5 Å². The Kier molecular flexibility index (Phi) is 5.00. The van der Waals surface area contributed by atoms with Crippen LogP contribution >= 0.6 is 11.3 Å². The summed E-state index contributed by atoms with van der Waals surface area (Å²) in [6.45, 7) is 0. The van der Waals surface area contributed by atoms with E-state index in [0.29, 0.717) is 17.6 Å². The average molecular weight is 556 g/mol. The molecule has 0 radical (unpaired) electrons. The SMILES string of the molecule is c1ccc(-c2nc(-c3ccccc3)nc(-n3c4ccc5ncccc5c4c4ccc5c6ccccc6sc5c43)n2)cc1. The Balaban J connectivity index is 1.48. The standard InChI is InChI=1S/C36H21N5S/c1-3-10-22(11-4-1)34-38-35(23-12-5-2-6-13-23)40-36(39-34)41-29-20-19-28-26(15-9-21-37-28)31(29)27-18-17-25-24-14-7-8-16-30(24)42-33(25)32(27)41/h1-21H. The maximum Gasteiger partial charge on any atom is 0.238 e. The fourth-order valence-corrected chi connectivity index (χ4v) is 7.27. The van der Waals surface area contributed by atoms with Gasteiger partial charge in [0.2, 0.25) is 5.95 Å². The minimum atomic E-state index is 0.593. The van der Waals surface area contributed by atoms with Gasteiger partial charge >= 0.3 is 0 Å². The molecule has 0 spiro atoms. The quantitative estimate of drug-likeness (QED) is 0.218. The van der Waals surface area contributed by atoms with E-state index < -0.39 is 0 Å². The number of thiophene rings is 1. The molecular formula is C36H21N5S. The van der Waals surface area contributed by atoms with Gasteiger partial charge in [0.05, 0.1) is 21.3 Å². The summed E-state index contributed by atoms with van der Waals surface area (Å²) in [4.78, 5) is 19.9. The molecule has 9 rings (SSSR count). The van der Waals surface area contributed by atoms with Gasteiger partial charge in [-0.05, 0) is 24.3 Å². The lowest BCUT2D eigenvalue weighted by molar-refractivity contribution is 0.955. The molecule has 0 saturated carbocycles. The third kappa shape index (κ3) is 3.42. The van der Waals surface area contributed by atoms with Crippen LogP contribution in [0.5, 0.6) is 0 Å². The van der Waals surface area contributed by atoms with Crippen molar-refractivity contribution < 1.29 is 0 Å². The minimum Gasteiger partial charge on any atom is -0.276 e. The minimum absolute atomic E-state index is 0.593. The topological polar surface area (TPSA) is 56.5 Å². The molecule has 4 heterocycles. The molecule has 42 heavy (non-hydrogen) atoms. The number of benzene rings is 5. The highest BCUT2D eigenvalue weighted by Gasteiger charge is 2.22. The Hall–Kier alpha value is -5.46. The number of pyridine rings is 1. The molecule has 0 saturated heterocycles. The largest absolute Gasteiger partial charge is 0.276 e. The van der Waals surface area contributed by atoms with Crippen LogP contribution in [0.15, 0.2) is 128 Å². The molecule has 9 aromatic rings. The zero-order chi connectivity index (χ0) is 27.6. The number of rotatable bonds is 3. The van der Waals surface area contributed by atoms with Crippen LogP contribution in [0.4, 0.5) is 0 Å². The molecule has 0 fully saturated rings. The van der Waals surface area contributed by atoms with E-state index in [1.54, 1.807) is 0 Å². The zero-order valence-electron chi connectivity index (χ0n) is 22.3. The lowest BCUT2D eigenvalue weighted by Crippen LogP contribution is -2.06. The lowest BCUT2D eigenvalue weighted by atomic mass is 10.1. The summed E-state index contributed by atoms with van der Waals surface area (Å²) in [6.07, 6.45) is 1.85. The summed E-state index contributed by atoms with van der Waals surface area (Å²) in [5, 5.41) is 5.91. The number of hydrogen-bond acceptors (Lipinski definition) is 5. The van der Waals surface area contributed by atoms with Crippen LogP contribution in [0.25, 0.3) is 81.6 Å². The second kappa shape index (κ2) is 9.03. The van der Waals surface area contributed by atoms with Crippen molar-refractivity contribution in [2.75, 3.05) is 0 Å². The summed E-state index contributed by atoms with van der Waals surface area (Å²) in [5.41, 5.74) is 5.00. The highest BCUT2D eigenvalue weighted by molar-refractivity contribution is 7.26. The van der Waals surface area contributed by atoms with E-state index >= 15 is 0 Å². The van der Waals surface area contributed by atoms with Crippen molar-refractivity contribution in [3.05, 3.63) is 128 Å². The first-order chi connectivity index (χ1) is 20.8. The summed E-state index contributed by atoms with van der Waals surface area (Å²) < 4.78 is 4.70. The smallest absolute Gasteiger partial charge is 0.238 e. The Bertz CT molecular complexity index is 2400. The molecule has 0 amide bonds. The van der Waals surface area contributed by atoms with Gasteiger partial charge < -0.3 is 0 Å². The highest BCUT2D eigenvalue weighted by Crippen LogP contribution is 2.44. The molecule has 6 heteroatoms. The summed E-state index contributed by atoms with van der Waals surface area (Å²) in [5.74, 6) is 1.87. The Morgan fingerprint density at radius 3 is 1.95 bits per heavy atom. The van der Waals surface area contributed by atoms with E-state index in [2.05, 4.69) is 64.1 Å². The molecule has 0 aliphatic rings. The van der Waals surface area contributed by atoms with Crippen molar-refractivity contribution in [1.29, 1.82) is 0 Å². The molecule has 0 aliphatic carbocycles. The molecule has 0 bridgehead atoms. The molecular weight excluding hydrogens is 534 g/mol. The molecule has 0 aliphatic heterocycles.